The molecule has 4 nitrogen and oxygen atoms in total. The average molecular weight is 254 g/mol. The van der Waals surface area contributed by atoms with Gasteiger partial charge in [0.2, 0.25) is 5.91 Å². The van der Waals surface area contributed by atoms with Gasteiger partial charge >= 0.3 is 0 Å². The Kier molecular flexibility index (Phi) is 5.01. The highest BCUT2D eigenvalue weighted by atomic mass is 16.5. The van der Waals surface area contributed by atoms with Gasteiger partial charge < -0.3 is 15.4 Å². The van der Waals surface area contributed by atoms with Crippen LogP contribution in [0.15, 0.2) is 0 Å². The number of amides is 1. The van der Waals surface area contributed by atoms with Crippen molar-refractivity contribution in [2.24, 2.45) is 5.41 Å². The van der Waals surface area contributed by atoms with Crippen LogP contribution in [-0.2, 0) is 9.53 Å². The maximum absolute atomic E-state index is 12.5. The number of hydrogen-bond acceptors (Lipinski definition) is 3. The van der Waals surface area contributed by atoms with Crippen molar-refractivity contribution in [1.29, 1.82) is 0 Å². The van der Waals surface area contributed by atoms with Gasteiger partial charge in [0.25, 0.3) is 0 Å². The standard InChI is InChI=1S/C14H26N2O2/c1-2-5-14(6-8-15-9-7-14)13(17)16-11-12-4-3-10-18-12/h12,15H,2-11H2,1H3,(H,16,17). The van der Waals surface area contributed by atoms with Crippen molar-refractivity contribution in [3.05, 3.63) is 0 Å². The number of hydrogen-bond donors (Lipinski definition) is 2. The molecule has 1 atom stereocenters. The Morgan fingerprint density at radius 3 is 2.83 bits per heavy atom. The van der Waals surface area contributed by atoms with Crippen LogP contribution < -0.4 is 10.6 Å². The maximum atomic E-state index is 12.5. The molecule has 2 rings (SSSR count). The van der Waals surface area contributed by atoms with Crippen LogP contribution in [0.1, 0.15) is 45.4 Å². The third-order valence-corrected chi connectivity index (χ3v) is 4.29. The molecule has 2 heterocycles. The van der Waals surface area contributed by atoms with Crippen molar-refractivity contribution < 1.29 is 9.53 Å². The Morgan fingerprint density at radius 2 is 2.22 bits per heavy atom. The van der Waals surface area contributed by atoms with Crippen LogP contribution in [0.3, 0.4) is 0 Å². The van der Waals surface area contributed by atoms with E-state index in [0.717, 1.165) is 58.2 Å². The van der Waals surface area contributed by atoms with E-state index in [9.17, 15) is 4.79 Å². The molecule has 2 N–H and O–H groups in total. The fourth-order valence-corrected chi connectivity index (χ4v) is 3.17. The lowest BCUT2D eigenvalue weighted by atomic mass is 9.74. The van der Waals surface area contributed by atoms with Gasteiger partial charge in [-0.3, -0.25) is 4.79 Å². The third kappa shape index (κ3) is 3.23. The van der Waals surface area contributed by atoms with Gasteiger partial charge in [-0.15, -0.1) is 0 Å². The van der Waals surface area contributed by atoms with E-state index in [1.165, 1.54) is 0 Å². The number of ether oxygens (including phenoxy) is 1. The lowest BCUT2D eigenvalue weighted by molar-refractivity contribution is -0.133. The van der Waals surface area contributed by atoms with E-state index in [-0.39, 0.29) is 17.4 Å². The van der Waals surface area contributed by atoms with E-state index >= 15 is 0 Å². The highest BCUT2D eigenvalue weighted by Crippen LogP contribution is 2.34. The first-order valence-corrected chi connectivity index (χ1v) is 7.37. The molecule has 0 spiro atoms. The second-order valence-electron chi connectivity index (χ2n) is 5.63. The molecule has 0 radical (unpaired) electrons. The maximum Gasteiger partial charge on any atom is 0.226 e. The van der Waals surface area contributed by atoms with Crippen LogP contribution in [0.5, 0.6) is 0 Å². The summed E-state index contributed by atoms with van der Waals surface area (Å²) in [7, 11) is 0. The highest BCUT2D eigenvalue weighted by Gasteiger charge is 2.38. The van der Waals surface area contributed by atoms with Crippen molar-refractivity contribution in [3.63, 3.8) is 0 Å². The predicted molar refractivity (Wildman–Crippen MR) is 71.4 cm³/mol. The summed E-state index contributed by atoms with van der Waals surface area (Å²) in [6.07, 6.45) is 6.48. The lowest BCUT2D eigenvalue weighted by Crippen LogP contribution is -2.49. The SMILES string of the molecule is CCCC1(C(=O)NCC2CCCO2)CCNCC1. The van der Waals surface area contributed by atoms with Gasteiger partial charge in [-0.25, -0.2) is 0 Å². The Bertz CT molecular complexity index is 263. The normalized spacial score (nSPS) is 27.1. The second-order valence-corrected chi connectivity index (χ2v) is 5.63. The van der Waals surface area contributed by atoms with Crippen molar-refractivity contribution in [2.45, 2.75) is 51.6 Å². The van der Waals surface area contributed by atoms with E-state index in [1.807, 2.05) is 0 Å². The monoisotopic (exact) mass is 254 g/mol. The first-order valence-electron chi connectivity index (χ1n) is 7.37. The van der Waals surface area contributed by atoms with E-state index in [1.54, 1.807) is 0 Å². The summed E-state index contributed by atoms with van der Waals surface area (Å²) < 4.78 is 5.56. The smallest absolute Gasteiger partial charge is 0.226 e. The van der Waals surface area contributed by atoms with E-state index in [4.69, 9.17) is 4.74 Å². The van der Waals surface area contributed by atoms with Gasteiger partial charge in [-0.05, 0) is 45.2 Å². The molecule has 4 heteroatoms. The molecule has 0 saturated carbocycles. The molecule has 0 bridgehead atoms. The topological polar surface area (TPSA) is 50.4 Å². The van der Waals surface area contributed by atoms with E-state index in [2.05, 4.69) is 17.6 Å². The minimum atomic E-state index is -0.126. The van der Waals surface area contributed by atoms with Crippen LogP contribution in [0, 0.1) is 5.41 Å². The van der Waals surface area contributed by atoms with Gasteiger partial charge in [0.1, 0.15) is 0 Å². The molecule has 104 valence electrons. The summed E-state index contributed by atoms with van der Waals surface area (Å²) in [6, 6.07) is 0. The van der Waals surface area contributed by atoms with Gasteiger partial charge in [0.05, 0.1) is 11.5 Å². The van der Waals surface area contributed by atoms with Crippen molar-refractivity contribution in [2.75, 3.05) is 26.2 Å². The van der Waals surface area contributed by atoms with Crippen molar-refractivity contribution in [3.8, 4) is 0 Å². The predicted octanol–water partition coefficient (Wildman–Crippen LogP) is 1.45. The summed E-state index contributed by atoms with van der Waals surface area (Å²) in [4.78, 5) is 12.5. The van der Waals surface area contributed by atoms with Crippen LogP contribution in [0.25, 0.3) is 0 Å². The van der Waals surface area contributed by atoms with E-state index in [0.29, 0.717) is 6.54 Å². The summed E-state index contributed by atoms with van der Waals surface area (Å²) in [5, 5.41) is 6.47. The van der Waals surface area contributed by atoms with Crippen LogP contribution in [-0.4, -0.2) is 38.3 Å². The molecule has 2 aliphatic rings. The van der Waals surface area contributed by atoms with E-state index < -0.39 is 0 Å². The van der Waals surface area contributed by atoms with Gasteiger partial charge in [0, 0.05) is 13.2 Å². The summed E-state index contributed by atoms with van der Waals surface area (Å²) in [5.74, 6) is 0.251. The Hall–Kier alpha value is -0.610. The first kappa shape index (κ1) is 13.8. The minimum Gasteiger partial charge on any atom is -0.376 e. The van der Waals surface area contributed by atoms with Crippen LogP contribution in [0.4, 0.5) is 0 Å². The summed E-state index contributed by atoms with van der Waals surface area (Å²) >= 11 is 0. The first-order chi connectivity index (χ1) is 8.77. The summed E-state index contributed by atoms with van der Waals surface area (Å²) in [5.41, 5.74) is -0.126. The molecule has 1 amide bonds. The molecular formula is C14H26N2O2. The molecule has 1 unspecified atom stereocenters. The zero-order valence-corrected chi connectivity index (χ0v) is 11.5. The van der Waals surface area contributed by atoms with Gasteiger partial charge in [0.15, 0.2) is 0 Å². The largest absolute Gasteiger partial charge is 0.376 e. The lowest BCUT2D eigenvalue weighted by Gasteiger charge is -2.36. The van der Waals surface area contributed by atoms with Crippen molar-refractivity contribution >= 4 is 5.91 Å². The molecule has 0 aromatic rings. The Balaban J connectivity index is 1.86. The average Bonchev–Trinajstić information content (AvgIpc) is 2.90. The second kappa shape index (κ2) is 6.53. The highest BCUT2D eigenvalue weighted by molar-refractivity contribution is 5.82. The van der Waals surface area contributed by atoms with Crippen LogP contribution in [0.2, 0.25) is 0 Å². The molecule has 18 heavy (non-hydrogen) atoms. The number of nitrogens with one attached hydrogen (secondary N) is 2. The fraction of sp³-hybridized carbons (Fsp3) is 0.929. The Labute approximate surface area is 110 Å². The summed E-state index contributed by atoms with van der Waals surface area (Å²) in [6.45, 7) is 5.64. The number of carbonyl (C=O) groups is 1. The zero-order valence-electron chi connectivity index (χ0n) is 11.5. The third-order valence-electron chi connectivity index (χ3n) is 4.29. The minimum absolute atomic E-state index is 0.126. The number of piperidine rings is 1. The fourth-order valence-electron chi connectivity index (χ4n) is 3.17. The van der Waals surface area contributed by atoms with Crippen LogP contribution >= 0.6 is 0 Å². The molecule has 2 aliphatic heterocycles. The number of rotatable bonds is 5. The quantitative estimate of drug-likeness (QED) is 0.781. The van der Waals surface area contributed by atoms with Gasteiger partial charge in [-0.2, -0.15) is 0 Å². The van der Waals surface area contributed by atoms with Crippen molar-refractivity contribution in [1.82, 2.24) is 10.6 Å². The molecular weight excluding hydrogens is 228 g/mol. The molecule has 2 fully saturated rings. The molecule has 0 aromatic carbocycles. The molecule has 2 saturated heterocycles. The molecule has 0 aromatic heterocycles. The number of carbonyl (C=O) groups excluding carboxylic acids is 1. The Morgan fingerprint density at radius 1 is 1.44 bits per heavy atom. The zero-order chi connectivity index (χ0) is 12.8. The van der Waals surface area contributed by atoms with Gasteiger partial charge in [-0.1, -0.05) is 13.3 Å². The molecule has 0 aliphatic carbocycles.